The number of rotatable bonds is 5. The van der Waals surface area contributed by atoms with Crippen LogP contribution in [0.25, 0.3) is 0 Å². The lowest BCUT2D eigenvalue weighted by molar-refractivity contribution is -0.124. The van der Waals surface area contributed by atoms with Crippen LogP contribution in [0.1, 0.15) is 56.2 Å². The molecule has 4 fully saturated rings. The molecule has 34 heavy (non-hydrogen) atoms. The third-order valence-corrected chi connectivity index (χ3v) is 10.3. The summed E-state index contributed by atoms with van der Waals surface area (Å²) in [5, 5.41) is 3.02. The van der Waals surface area contributed by atoms with E-state index in [0.29, 0.717) is 24.4 Å². The van der Waals surface area contributed by atoms with E-state index in [4.69, 9.17) is 0 Å². The molecule has 0 saturated heterocycles. The van der Waals surface area contributed by atoms with E-state index in [-0.39, 0.29) is 29.3 Å². The summed E-state index contributed by atoms with van der Waals surface area (Å²) in [5.41, 5.74) is 1.45. The van der Waals surface area contributed by atoms with Crippen molar-refractivity contribution in [1.82, 2.24) is 14.3 Å². The van der Waals surface area contributed by atoms with E-state index in [2.05, 4.69) is 15.3 Å². The zero-order valence-corrected chi connectivity index (χ0v) is 19.9. The van der Waals surface area contributed by atoms with Crippen LogP contribution in [0.3, 0.4) is 0 Å². The Labute approximate surface area is 199 Å². The minimum Gasteiger partial charge on any atom is -0.310 e. The minimum atomic E-state index is -3.99. The summed E-state index contributed by atoms with van der Waals surface area (Å²) >= 11 is 0. The van der Waals surface area contributed by atoms with Gasteiger partial charge in [0.2, 0.25) is 15.9 Å². The van der Waals surface area contributed by atoms with Gasteiger partial charge in [-0.25, -0.2) is 22.8 Å². The lowest BCUT2D eigenvalue weighted by atomic mass is 9.49. The molecule has 2 aromatic rings. The molecule has 5 aliphatic rings. The molecule has 4 saturated carbocycles. The fraction of sp³-hybridized carbons (Fsp3) is 0.560. The highest BCUT2D eigenvalue weighted by atomic mass is 32.2. The molecule has 1 amide bonds. The number of hydrogen-bond donors (Lipinski definition) is 1. The molecule has 0 unspecified atom stereocenters. The number of amides is 1. The van der Waals surface area contributed by atoms with Gasteiger partial charge in [-0.05, 0) is 80.2 Å². The number of carbonyl (C=O) groups is 1. The maximum absolute atomic E-state index is 14.2. The van der Waals surface area contributed by atoms with Crippen LogP contribution in [0.4, 0.5) is 10.2 Å². The maximum atomic E-state index is 14.2. The lowest BCUT2D eigenvalue weighted by Gasteiger charge is -2.56. The summed E-state index contributed by atoms with van der Waals surface area (Å²) in [6.07, 6.45) is 9.76. The summed E-state index contributed by atoms with van der Waals surface area (Å²) in [5.74, 6) is 2.05. The summed E-state index contributed by atoms with van der Waals surface area (Å²) in [7, 11) is -3.99. The highest BCUT2D eigenvalue weighted by molar-refractivity contribution is 7.89. The van der Waals surface area contributed by atoms with Gasteiger partial charge in [-0.15, -0.1) is 0 Å². The van der Waals surface area contributed by atoms with Crippen molar-refractivity contribution in [2.75, 3.05) is 11.9 Å². The lowest BCUT2D eigenvalue weighted by Crippen LogP contribution is -2.47. The van der Waals surface area contributed by atoms with Gasteiger partial charge >= 0.3 is 0 Å². The van der Waals surface area contributed by atoms with Gasteiger partial charge < -0.3 is 5.32 Å². The summed E-state index contributed by atoms with van der Waals surface area (Å²) in [4.78, 5) is 21.4. The van der Waals surface area contributed by atoms with Gasteiger partial charge in [-0.2, -0.15) is 4.31 Å². The van der Waals surface area contributed by atoms with Gasteiger partial charge in [0, 0.05) is 18.5 Å². The largest absolute Gasteiger partial charge is 0.310 e. The first-order valence-corrected chi connectivity index (χ1v) is 13.6. The highest BCUT2D eigenvalue weighted by Gasteiger charge is 2.51. The normalized spacial score (nSPS) is 30.2. The standard InChI is InChI=1S/C25H29FN4O3S/c26-20-3-1-2-4-22(20)34(32,33)30-6-5-19-21(14-30)27-15-28-24(19)29-23(31)13-25-10-16-7-17(11-25)9-18(8-16)12-25/h1-4,15-18H,5-14H2,(H,27,28,29,31). The molecule has 9 heteroatoms. The topological polar surface area (TPSA) is 92.3 Å². The molecule has 2 heterocycles. The monoisotopic (exact) mass is 484 g/mol. The first kappa shape index (κ1) is 22.1. The molecule has 1 aliphatic heterocycles. The van der Waals surface area contributed by atoms with Crippen LogP contribution in [-0.2, 0) is 27.8 Å². The third-order valence-electron chi connectivity index (χ3n) is 8.38. The van der Waals surface area contributed by atoms with Crippen LogP contribution in [0.2, 0.25) is 0 Å². The fourth-order valence-corrected chi connectivity index (χ4v) is 8.93. The van der Waals surface area contributed by atoms with Gasteiger partial charge in [0.1, 0.15) is 22.9 Å². The van der Waals surface area contributed by atoms with Gasteiger partial charge in [-0.3, -0.25) is 4.79 Å². The molecule has 4 bridgehead atoms. The molecule has 180 valence electrons. The van der Waals surface area contributed by atoms with Crippen LogP contribution in [0.15, 0.2) is 35.5 Å². The number of halogens is 1. The zero-order valence-electron chi connectivity index (χ0n) is 19.0. The van der Waals surface area contributed by atoms with E-state index < -0.39 is 15.8 Å². The molecule has 0 spiro atoms. The van der Waals surface area contributed by atoms with Crippen molar-refractivity contribution in [1.29, 1.82) is 0 Å². The second-order valence-corrected chi connectivity index (χ2v) is 12.7. The molecule has 1 aromatic heterocycles. The zero-order chi connectivity index (χ0) is 23.5. The second-order valence-electron chi connectivity index (χ2n) is 10.8. The van der Waals surface area contributed by atoms with Crippen molar-refractivity contribution in [2.24, 2.45) is 23.2 Å². The van der Waals surface area contributed by atoms with Crippen molar-refractivity contribution >= 4 is 21.7 Å². The second kappa shape index (κ2) is 8.09. The van der Waals surface area contributed by atoms with Crippen LogP contribution in [-0.4, -0.2) is 35.1 Å². The highest BCUT2D eigenvalue weighted by Crippen LogP contribution is 2.61. The summed E-state index contributed by atoms with van der Waals surface area (Å²) in [6, 6.07) is 5.39. The Bertz CT molecular complexity index is 1210. The number of nitrogens with one attached hydrogen (secondary N) is 1. The Kier molecular flexibility index (Phi) is 5.26. The summed E-state index contributed by atoms with van der Waals surface area (Å²) < 4.78 is 41.4. The number of benzene rings is 1. The van der Waals surface area contributed by atoms with E-state index in [9.17, 15) is 17.6 Å². The van der Waals surface area contributed by atoms with E-state index in [0.717, 1.165) is 48.6 Å². The first-order chi connectivity index (χ1) is 16.3. The average Bonchev–Trinajstić information content (AvgIpc) is 2.78. The predicted octanol–water partition coefficient (Wildman–Crippen LogP) is 3.91. The van der Waals surface area contributed by atoms with Crippen molar-refractivity contribution in [3.05, 3.63) is 47.7 Å². The average molecular weight is 485 g/mol. The van der Waals surface area contributed by atoms with Gasteiger partial charge in [0.05, 0.1) is 12.2 Å². The number of anilines is 1. The van der Waals surface area contributed by atoms with E-state index in [1.54, 1.807) is 0 Å². The third kappa shape index (κ3) is 3.82. The van der Waals surface area contributed by atoms with Crippen molar-refractivity contribution in [3.8, 4) is 0 Å². The molecular weight excluding hydrogens is 455 g/mol. The number of carbonyl (C=O) groups excluding carboxylic acids is 1. The molecule has 7 nitrogen and oxygen atoms in total. The van der Waals surface area contributed by atoms with Crippen LogP contribution >= 0.6 is 0 Å². The quantitative estimate of drug-likeness (QED) is 0.695. The smallest absolute Gasteiger partial charge is 0.246 e. The number of fused-ring (bicyclic) bond motifs is 1. The maximum Gasteiger partial charge on any atom is 0.246 e. The molecular formula is C25H29FN4O3S. The number of aromatic nitrogens is 2. The Hall–Kier alpha value is -2.39. The molecule has 4 aliphatic carbocycles. The van der Waals surface area contributed by atoms with Crippen molar-refractivity contribution < 1.29 is 17.6 Å². The minimum absolute atomic E-state index is 0.00995. The Morgan fingerprint density at radius 1 is 1.09 bits per heavy atom. The molecule has 1 N–H and O–H groups in total. The molecule has 7 rings (SSSR count). The SMILES string of the molecule is O=C(CC12CC3CC(CC(C3)C1)C2)Nc1ncnc2c1CCN(S(=O)(=O)c1ccccc1F)C2. The molecule has 0 atom stereocenters. The summed E-state index contributed by atoms with van der Waals surface area (Å²) in [6.45, 7) is 0.196. The fourth-order valence-electron chi connectivity index (χ4n) is 7.46. The van der Waals surface area contributed by atoms with Crippen molar-refractivity contribution in [3.63, 3.8) is 0 Å². The van der Waals surface area contributed by atoms with Crippen LogP contribution < -0.4 is 5.32 Å². The van der Waals surface area contributed by atoms with Crippen LogP contribution in [0, 0.1) is 29.0 Å². The molecule has 1 aromatic carbocycles. The predicted molar refractivity (Wildman–Crippen MR) is 124 cm³/mol. The van der Waals surface area contributed by atoms with Crippen molar-refractivity contribution in [2.45, 2.75) is 62.8 Å². The first-order valence-electron chi connectivity index (χ1n) is 12.2. The number of hydrogen-bond acceptors (Lipinski definition) is 5. The Morgan fingerprint density at radius 3 is 2.44 bits per heavy atom. The van der Waals surface area contributed by atoms with Gasteiger partial charge in [-0.1, -0.05) is 12.1 Å². The van der Waals surface area contributed by atoms with Crippen LogP contribution in [0.5, 0.6) is 0 Å². The Balaban J connectivity index is 1.18. The Morgan fingerprint density at radius 2 is 1.76 bits per heavy atom. The van der Waals surface area contributed by atoms with Gasteiger partial charge in [0.25, 0.3) is 0 Å². The van der Waals surface area contributed by atoms with Gasteiger partial charge in [0.15, 0.2) is 0 Å². The van der Waals surface area contributed by atoms with E-state index >= 15 is 0 Å². The molecule has 0 radical (unpaired) electrons. The van der Waals surface area contributed by atoms with E-state index in [1.807, 2.05) is 0 Å². The van der Waals surface area contributed by atoms with E-state index in [1.165, 1.54) is 48.1 Å². The number of nitrogens with zero attached hydrogens (tertiary/aromatic N) is 3. The number of sulfonamides is 1.